The summed E-state index contributed by atoms with van der Waals surface area (Å²) in [6, 6.07) is 8.20. The van der Waals surface area contributed by atoms with Gasteiger partial charge in [0.1, 0.15) is 5.04 Å². The van der Waals surface area contributed by atoms with Crippen molar-refractivity contribution in [1.82, 2.24) is 15.1 Å². The minimum Gasteiger partial charge on any atom is -0.397 e. The zero-order chi connectivity index (χ0) is 18.2. The lowest BCUT2D eigenvalue weighted by Crippen LogP contribution is -2.30. The smallest absolute Gasteiger partial charge is 0.266 e. The molecule has 0 amide bonds. The molecule has 2 aliphatic rings. The van der Waals surface area contributed by atoms with Crippen molar-refractivity contribution >= 4 is 39.3 Å². The number of aromatic nitrogens is 3. The molecular weight excluding hydrogens is 360 g/mol. The predicted octanol–water partition coefficient (Wildman–Crippen LogP) is 3.23. The predicted molar refractivity (Wildman–Crippen MR) is 110 cm³/mol. The van der Waals surface area contributed by atoms with E-state index in [-0.39, 0.29) is 6.04 Å². The van der Waals surface area contributed by atoms with Crippen molar-refractivity contribution < 1.29 is 4.52 Å². The number of nitrogens with zero attached hydrogens (tertiary/aromatic N) is 4. The van der Waals surface area contributed by atoms with E-state index in [9.17, 15) is 0 Å². The van der Waals surface area contributed by atoms with E-state index in [2.05, 4.69) is 32.2 Å². The molecule has 1 aromatic carbocycles. The fraction of sp³-hybridized carbons (Fsp3) is 0.421. The number of nitrogens with one attached hydrogen (secondary N) is 1. The lowest BCUT2D eigenvalue weighted by molar-refractivity contribution is 0.370. The summed E-state index contributed by atoms with van der Waals surface area (Å²) in [6.07, 6.45) is 4.37. The standard InChI is InChI=1S/C19H22N6OS/c20-14-6-4-5-12-9-15(22-17(12)14)18-21-13(11-27-18)10-16-23-19(24-26-16)25-7-2-1-3-8-25/h4-6,9,13,22H,1-3,7-8,10-11,20H2/t13-/m1/s1. The second-order valence-corrected chi connectivity index (χ2v) is 8.14. The number of nitrogens with two attached hydrogens (primary N) is 1. The van der Waals surface area contributed by atoms with E-state index in [1.165, 1.54) is 19.3 Å². The number of benzene rings is 1. The van der Waals surface area contributed by atoms with Crippen LogP contribution in [0.25, 0.3) is 10.9 Å². The molecule has 140 valence electrons. The molecule has 1 fully saturated rings. The van der Waals surface area contributed by atoms with Crippen LogP contribution in [0, 0.1) is 0 Å². The van der Waals surface area contributed by atoms with E-state index >= 15 is 0 Å². The van der Waals surface area contributed by atoms with Gasteiger partial charge in [0, 0.05) is 24.2 Å². The minimum absolute atomic E-state index is 0.156. The van der Waals surface area contributed by atoms with Gasteiger partial charge in [0.05, 0.1) is 29.4 Å². The van der Waals surface area contributed by atoms with E-state index in [0.717, 1.165) is 52.1 Å². The normalized spacial score (nSPS) is 20.4. The van der Waals surface area contributed by atoms with Crippen molar-refractivity contribution in [1.29, 1.82) is 0 Å². The number of hydrogen-bond acceptors (Lipinski definition) is 7. The zero-order valence-electron chi connectivity index (χ0n) is 15.0. The van der Waals surface area contributed by atoms with Crippen LogP contribution in [-0.4, -0.2) is 45.1 Å². The third kappa shape index (κ3) is 3.29. The number of aromatic amines is 1. The van der Waals surface area contributed by atoms with Gasteiger partial charge in [0.25, 0.3) is 5.95 Å². The molecule has 8 heteroatoms. The SMILES string of the molecule is Nc1cccc2cc(C3=N[C@H](Cc4nc(N5CCCCC5)no4)CS3)[nH]c12. The first-order chi connectivity index (χ1) is 13.3. The first kappa shape index (κ1) is 16.7. The first-order valence-corrected chi connectivity index (χ1v) is 10.4. The van der Waals surface area contributed by atoms with Crippen molar-refractivity contribution in [3.63, 3.8) is 0 Å². The fourth-order valence-corrected chi connectivity index (χ4v) is 4.75. The highest BCUT2D eigenvalue weighted by Crippen LogP contribution is 2.29. The number of H-pyrrole nitrogens is 1. The molecule has 0 unspecified atom stereocenters. The fourth-order valence-electron chi connectivity index (χ4n) is 3.71. The Morgan fingerprint density at radius 2 is 2.15 bits per heavy atom. The van der Waals surface area contributed by atoms with Gasteiger partial charge in [-0.15, -0.1) is 11.8 Å². The van der Waals surface area contributed by atoms with Crippen molar-refractivity contribution in [2.75, 3.05) is 29.5 Å². The maximum absolute atomic E-state index is 6.05. The number of para-hydroxylation sites is 1. The van der Waals surface area contributed by atoms with Crippen molar-refractivity contribution in [2.45, 2.75) is 31.7 Å². The zero-order valence-corrected chi connectivity index (χ0v) is 15.8. The minimum atomic E-state index is 0.156. The molecule has 3 aromatic rings. The Morgan fingerprint density at radius 1 is 1.26 bits per heavy atom. The van der Waals surface area contributed by atoms with Gasteiger partial charge in [-0.2, -0.15) is 4.98 Å². The molecule has 2 aromatic heterocycles. The Kier molecular flexibility index (Phi) is 4.27. The van der Waals surface area contributed by atoms with Crippen LogP contribution in [0.4, 0.5) is 11.6 Å². The second kappa shape index (κ2) is 6.92. The molecule has 0 aliphatic carbocycles. The number of aliphatic imine (C=N–C) groups is 1. The summed E-state index contributed by atoms with van der Waals surface area (Å²) < 4.78 is 5.48. The first-order valence-electron chi connectivity index (χ1n) is 9.42. The number of fused-ring (bicyclic) bond motifs is 1. The Labute approximate surface area is 161 Å². The topological polar surface area (TPSA) is 96.3 Å². The van der Waals surface area contributed by atoms with Gasteiger partial charge in [-0.3, -0.25) is 4.99 Å². The van der Waals surface area contributed by atoms with Gasteiger partial charge >= 0.3 is 0 Å². The van der Waals surface area contributed by atoms with Crippen molar-refractivity contribution in [3.8, 4) is 0 Å². The van der Waals surface area contributed by atoms with Gasteiger partial charge < -0.3 is 20.1 Å². The number of nitrogen functional groups attached to an aromatic ring is 1. The number of hydrogen-bond donors (Lipinski definition) is 2. The van der Waals surface area contributed by atoms with Crippen LogP contribution in [0.1, 0.15) is 30.8 Å². The van der Waals surface area contributed by atoms with Crippen LogP contribution in [0.2, 0.25) is 0 Å². The highest BCUT2D eigenvalue weighted by atomic mass is 32.2. The Balaban J connectivity index is 1.30. The lowest BCUT2D eigenvalue weighted by atomic mass is 10.1. The number of thioether (sulfide) groups is 1. The lowest BCUT2D eigenvalue weighted by Gasteiger charge is -2.24. The average Bonchev–Trinajstić information content (AvgIpc) is 3.42. The van der Waals surface area contributed by atoms with Crippen molar-refractivity contribution in [2.24, 2.45) is 4.99 Å². The molecule has 0 bridgehead atoms. The van der Waals surface area contributed by atoms with E-state index in [1.54, 1.807) is 11.8 Å². The van der Waals surface area contributed by atoms with Crippen LogP contribution in [0.3, 0.4) is 0 Å². The summed E-state index contributed by atoms with van der Waals surface area (Å²) in [5.41, 5.74) is 8.81. The number of piperidine rings is 1. The molecule has 3 N–H and O–H groups in total. The number of anilines is 2. The van der Waals surface area contributed by atoms with Crippen molar-refractivity contribution in [3.05, 3.63) is 35.9 Å². The van der Waals surface area contributed by atoms with Crippen LogP contribution in [-0.2, 0) is 6.42 Å². The number of rotatable bonds is 4. The molecule has 1 atom stereocenters. The van der Waals surface area contributed by atoms with E-state index in [0.29, 0.717) is 12.3 Å². The molecule has 2 aliphatic heterocycles. The molecule has 0 spiro atoms. The molecule has 1 saturated heterocycles. The Morgan fingerprint density at radius 3 is 3.00 bits per heavy atom. The van der Waals surface area contributed by atoms with Gasteiger partial charge in [-0.25, -0.2) is 0 Å². The van der Waals surface area contributed by atoms with Gasteiger partial charge in [0.2, 0.25) is 5.89 Å². The van der Waals surface area contributed by atoms with E-state index in [1.807, 2.05) is 12.1 Å². The van der Waals surface area contributed by atoms with Crippen LogP contribution >= 0.6 is 11.8 Å². The Hall–Kier alpha value is -2.48. The van der Waals surface area contributed by atoms with Crippen LogP contribution in [0.5, 0.6) is 0 Å². The van der Waals surface area contributed by atoms with E-state index < -0.39 is 0 Å². The molecule has 0 saturated carbocycles. The summed E-state index contributed by atoms with van der Waals surface area (Å²) in [7, 11) is 0. The quantitative estimate of drug-likeness (QED) is 0.673. The second-order valence-electron chi connectivity index (χ2n) is 7.13. The third-order valence-corrected chi connectivity index (χ3v) is 6.29. The van der Waals surface area contributed by atoms with Gasteiger partial charge in [-0.1, -0.05) is 12.1 Å². The van der Waals surface area contributed by atoms with Gasteiger partial charge in [-0.05, 0) is 36.6 Å². The summed E-state index contributed by atoms with van der Waals surface area (Å²) >= 11 is 1.76. The summed E-state index contributed by atoms with van der Waals surface area (Å²) in [5.74, 6) is 2.32. The molecule has 4 heterocycles. The molecule has 7 nitrogen and oxygen atoms in total. The molecule has 27 heavy (non-hydrogen) atoms. The highest BCUT2D eigenvalue weighted by Gasteiger charge is 2.24. The summed E-state index contributed by atoms with van der Waals surface area (Å²) in [6.45, 7) is 2.04. The maximum atomic E-state index is 6.05. The monoisotopic (exact) mass is 382 g/mol. The molecule has 5 rings (SSSR count). The van der Waals surface area contributed by atoms with Gasteiger partial charge in [0.15, 0.2) is 0 Å². The Bertz CT molecular complexity index is 987. The maximum Gasteiger partial charge on any atom is 0.266 e. The third-order valence-electron chi connectivity index (χ3n) is 5.14. The average molecular weight is 382 g/mol. The van der Waals surface area contributed by atoms with Crippen LogP contribution in [0.15, 0.2) is 33.8 Å². The van der Waals surface area contributed by atoms with E-state index in [4.69, 9.17) is 15.2 Å². The molecule has 0 radical (unpaired) electrons. The summed E-state index contributed by atoms with van der Waals surface area (Å²) in [4.78, 5) is 15.1. The summed E-state index contributed by atoms with van der Waals surface area (Å²) in [5, 5.41) is 6.29. The largest absolute Gasteiger partial charge is 0.397 e. The molecular formula is C19H22N6OS. The highest BCUT2D eigenvalue weighted by molar-refractivity contribution is 8.14. The van der Waals surface area contributed by atoms with Crippen LogP contribution < -0.4 is 10.6 Å².